The van der Waals surface area contributed by atoms with E-state index in [-0.39, 0.29) is 11.8 Å². The second kappa shape index (κ2) is 3.92. The quantitative estimate of drug-likeness (QED) is 0.816. The fourth-order valence-electron chi connectivity index (χ4n) is 1.07. The van der Waals surface area contributed by atoms with Gasteiger partial charge in [-0.25, -0.2) is 0 Å². The van der Waals surface area contributed by atoms with E-state index >= 15 is 0 Å². The maximum Gasteiger partial charge on any atom is 0.130 e. The molecule has 0 spiro atoms. The monoisotopic (exact) mass is 229 g/mol. The molecule has 1 aromatic rings. The Balaban J connectivity index is 2.92. The number of phenols is 1. The molecule has 0 radical (unpaired) electrons. The third-order valence-corrected chi connectivity index (χ3v) is 2.52. The first-order valence-electron chi connectivity index (χ1n) is 3.83. The van der Waals surface area contributed by atoms with Gasteiger partial charge in [0.15, 0.2) is 0 Å². The number of hydrogen-bond acceptors (Lipinski definition) is 2. The minimum atomic E-state index is 0.114. The number of halogens is 1. The summed E-state index contributed by atoms with van der Waals surface area (Å²) in [5.74, 6) is 0.271. The highest BCUT2D eigenvalue weighted by Gasteiger charge is 2.05. The molecule has 0 aliphatic heterocycles. The van der Waals surface area contributed by atoms with Crippen molar-refractivity contribution in [3.63, 3.8) is 0 Å². The van der Waals surface area contributed by atoms with Crippen molar-refractivity contribution < 1.29 is 5.11 Å². The normalized spacial score (nSPS) is 12.9. The van der Waals surface area contributed by atoms with Crippen molar-refractivity contribution in [3.05, 3.63) is 28.2 Å². The fourth-order valence-corrected chi connectivity index (χ4v) is 1.50. The summed E-state index contributed by atoms with van der Waals surface area (Å²) in [6.45, 7) is 1.94. The number of aromatic hydroxyl groups is 1. The Hall–Kier alpha value is -0.540. The molecule has 1 rings (SSSR count). The van der Waals surface area contributed by atoms with Crippen molar-refractivity contribution in [2.24, 2.45) is 5.73 Å². The molecule has 0 bridgehead atoms. The van der Waals surface area contributed by atoms with Crippen LogP contribution in [0.5, 0.6) is 5.75 Å². The lowest BCUT2D eigenvalue weighted by Gasteiger charge is -2.07. The summed E-state index contributed by atoms with van der Waals surface area (Å²) in [4.78, 5) is 0. The Morgan fingerprint density at radius 2 is 2.25 bits per heavy atom. The molecule has 0 heterocycles. The maximum atomic E-state index is 9.33. The largest absolute Gasteiger partial charge is 0.507 e. The average Bonchev–Trinajstić information content (AvgIpc) is 1.98. The standard InChI is InChI=1S/C9H12BrNO/c1-6(11)5-7-3-2-4-8(12)9(7)10/h2-4,6,12H,5,11H2,1H3/t6-/m1/s1. The average molecular weight is 230 g/mol. The van der Waals surface area contributed by atoms with E-state index in [0.29, 0.717) is 0 Å². The van der Waals surface area contributed by atoms with Gasteiger partial charge in [-0.3, -0.25) is 0 Å². The molecule has 0 aliphatic rings. The molecule has 2 nitrogen and oxygen atoms in total. The molecular weight excluding hydrogens is 218 g/mol. The molecule has 0 aromatic heterocycles. The molecule has 3 heteroatoms. The van der Waals surface area contributed by atoms with E-state index in [1.165, 1.54) is 0 Å². The Kier molecular flexibility index (Phi) is 3.12. The number of nitrogens with two attached hydrogens (primary N) is 1. The van der Waals surface area contributed by atoms with Crippen LogP contribution in [-0.2, 0) is 6.42 Å². The summed E-state index contributed by atoms with van der Waals surface area (Å²) in [5.41, 5.74) is 6.69. The summed E-state index contributed by atoms with van der Waals surface area (Å²) in [6.07, 6.45) is 0.773. The Bertz CT molecular complexity index is 273. The van der Waals surface area contributed by atoms with Crippen LogP contribution in [-0.4, -0.2) is 11.1 Å². The molecule has 1 aromatic carbocycles. The van der Waals surface area contributed by atoms with Gasteiger partial charge >= 0.3 is 0 Å². The van der Waals surface area contributed by atoms with E-state index in [9.17, 15) is 5.11 Å². The van der Waals surface area contributed by atoms with Crippen LogP contribution in [0.15, 0.2) is 22.7 Å². The first kappa shape index (κ1) is 9.55. The van der Waals surface area contributed by atoms with E-state index < -0.39 is 0 Å². The highest BCUT2D eigenvalue weighted by molar-refractivity contribution is 9.10. The van der Waals surface area contributed by atoms with E-state index in [4.69, 9.17) is 5.73 Å². The molecule has 0 amide bonds. The highest BCUT2D eigenvalue weighted by atomic mass is 79.9. The SMILES string of the molecule is C[C@@H](N)Cc1cccc(O)c1Br. The van der Waals surface area contributed by atoms with E-state index in [1.54, 1.807) is 6.07 Å². The molecule has 3 N–H and O–H groups in total. The predicted octanol–water partition coefficient (Wildman–Crippen LogP) is 2.04. The van der Waals surface area contributed by atoms with Crippen LogP contribution in [0.4, 0.5) is 0 Å². The van der Waals surface area contributed by atoms with Crippen LogP contribution in [0, 0.1) is 0 Å². The first-order chi connectivity index (χ1) is 5.61. The van der Waals surface area contributed by atoms with Crippen LogP contribution in [0.2, 0.25) is 0 Å². The van der Waals surface area contributed by atoms with Gasteiger partial charge < -0.3 is 10.8 Å². The topological polar surface area (TPSA) is 46.2 Å². The van der Waals surface area contributed by atoms with Crippen molar-refractivity contribution in [1.29, 1.82) is 0 Å². The summed E-state index contributed by atoms with van der Waals surface area (Å²) in [5, 5.41) is 9.33. The van der Waals surface area contributed by atoms with Gasteiger partial charge in [0.05, 0.1) is 4.47 Å². The fraction of sp³-hybridized carbons (Fsp3) is 0.333. The summed E-state index contributed by atoms with van der Waals surface area (Å²) in [7, 11) is 0. The minimum Gasteiger partial charge on any atom is -0.507 e. The van der Waals surface area contributed by atoms with Crippen molar-refractivity contribution >= 4 is 15.9 Å². The second-order valence-corrected chi connectivity index (χ2v) is 3.72. The Morgan fingerprint density at radius 3 is 2.83 bits per heavy atom. The van der Waals surface area contributed by atoms with Gasteiger partial charge in [0.2, 0.25) is 0 Å². The smallest absolute Gasteiger partial charge is 0.130 e. The van der Waals surface area contributed by atoms with Crippen molar-refractivity contribution in [1.82, 2.24) is 0 Å². The van der Waals surface area contributed by atoms with Gasteiger partial charge in [-0.05, 0) is 40.9 Å². The molecule has 66 valence electrons. The lowest BCUT2D eigenvalue weighted by molar-refractivity contribution is 0.470. The molecule has 0 saturated heterocycles. The zero-order valence-electron chi connectivity index (χ0n) is 6.92. The van der Waals surface area contributed by atoms with Crippen molar-refractivity contribution in [2.45, 2.75) is 19.4 Å². The van der Waals surface area contributed by atoms with E-state index in [0.717, 1.165) is 16.5 Å². The zero-order valence-corrected chi connectivity index (χ0v) is 8.51. The van der Waals surface area contributed by atoms with Gasteiger partial charge in [0.25, 0.3) is 0 Å². The number of hydrogen-bond donors (Lipinski definition) is 2. The second-order valence-electron chi connectivity index (χ2n) is 2.93. The van der Waals surface area contributed by atoms with Crippen molar-refractivity contribution in [2.75, 3.05) is 0 Å². The summed E-state index contributed by atoms with van der Waals surface area (Å²) >= 11 is 3.30. The van der Waals surface area contributed by atoms with Crippen LogP contribution in [0.3, 0.4) is 0 Å². The van der Waals surface area contributed by atoms with Gasteiger partial charge in [0, 0.05) is 6.04 Å². The molecule has 0 fully saturated rings. The molecular formula is C9H12BrNO. The third-order valence-electron chi connectivity index (χ3n) is 1.60. The summed E-state index contributed by atoms with van der Waals surface area (Å²) < 4.78 is 0.752. The van der Waals surface area contributed by atoms with Crippen LogP contribution in [0.25, 0.3) is 0 Å². The van der Waals surface area contributed by atoms with Gasteiger partial charge in [-0.2, -0.15) is 0 Å². The molecule has 0 unspecified atom stereocenters. The van der Waals surface area contributed by atoms with Crippen molar-refractivity contribution in [3.8, 4) is 5.75 Å². The summed E-state index contributed by atoms with van der Waals surface area (Å²) in [6, 6.07) is 5.53. The van der Waals surface area contributed by atoms with Gasteiger partial charge in [-0.1, -0.05) is 12.1 Å². The van der Waals surface area contributed by atoms with E-state index in [1.807, 2.05) is 19.1 Å². The van der Waals surface area contributed by atoms with Crippen LogP contribution >= 0.6 is 15.9 Å². The molecule has 1 atom stereocenters. The number of phenolic OH excluding ortho intramolecular Hbond substituents is 1. The predicted molar refractivity (Wildman–Crippen MR) is 53.2 cm³/mol. The molecule has 0 aliphatic carbocycles. The Morgan fingerprint density at radius 1 is 1.58 bits per heavy atom. The highest BCUT2D eigenvalue weighted by Crippen LogP contribution is 2.27. The van der Waals surface area contributed by atoms with Gasteiger partial charge in [0.1, 0.15) is 5.75 Å². The number of rotatable bonds is 2. The maximum absolute atomic E-state index is 9.33. The first-order valence-corrected chi connectivity index (χ1v) is 4.62. The zero-order chi connectivity index (χ0) is 9.14. The Labute approximate surface area is 80.5 Å². The van der Waals surface area contributed by atoms with E-state index in [2.05, 4.69) is 15.9 Å². The van der Waals surface area contributed by atoms with Gasteiger partial charge in [-0.15, -0.1) is 0 Å². The van der Waals surface area contributed by atoms with Crippen LogP contribution in [0.1, 0.15) is 12.5 Å². The minimum absolute atomic E-state index is 0.114. The lowest BCUT2D eigenvalue weighted by atomic mass is 10.1. The molecule has 0 saturated carbocycles. The van der Waals surface area contributed by atoms with Crippen LogP contribution < -0.4 is 5.73 Å². The molecule has 12 heavy (non-hydrogen) atoms. The third kappa shape index (κ3) is 2.22. The number of benzene rings is 1. The lowest BCUT2D eigenvalue weighted by Crippen LogP contribution is -2.17.